The normalized spacial score (nSPS) is 13.5. The van der Waals surface area contributed by atoms with Crippen LogP contribution in [0.15, 0.2) is 18.2 Å². The van der Waals surface area contributed by atoms with Gasteiger partial charge in [-0.05, 0) is 36.6 Å². The minimum absolute atomic E-state index is 0.0620. The van der Waals surface area contributed by atoms with Crippen LogP contribution in [0.1, 0.15) is 25.8 Å². The van der Waals surface area contributed by atoms with E-state index in [2.05, 4.69) is 10.6 Å². The molecular formula is C19H29N4O3+. The molecule has 0 saturated carbocycles. The predicted octanol–water partition coefficient (Wildman–Crippen LogP) is -0.179. The molecule has 0 bridgehead atoms. The van der Waals surface area contributed by atoms with E-state index in [-0.39, 0.29) is 11.8 Å². The zero-order valence-electron chi connectivity index (χ0n) is 16.0. The number of carbonyl (C=O) groups excluding carboxylic acids is 3. The van der Waals surface area contributed by atoms with Crippen LogP contribution in [0.2, 0.25) is 0 Å². The summed E-state index contributed by atoms with van der Waals surface area (Å²) < 4.78 is 0. The van der Waals surface area contributed by atoms with Gasteiger partial charge >= 0.3 is 11.8 Å². The number of likely N-dealkylation sites (N-methyl/N-ethyl adjacent to an activating group) is 1. The smallest absolute Gasteiger partial charge is 0.313 e. The molecule has 0 atom stereocenters. The van der Waals surface area contributed by atoms with E-state index in [4.69, 9.17) is 0 Å². The number of amides is 3. The second kappa shape index (κ2) is 8.80. The second-order valence-corrected chi connectivity index (χ2v) is 7.26. The highest BCUT2D eigenvalue weighted by atomic mass is 16.2. The van der Waals surface area contributed by atoms with Gasteiger partial charge in [0.25, 0.3) is 0 Å². The summed E-state index contributed by atoms with van der Waals surface area (Å²) in [4.78, 5) is 39.2. The number of nitrogens with zero attached hydrogens (tertiary/aromatic N) is 1. The van der Waals surface area contributed by atoms with Gasteiger partial charge in [-0.25, -0.2) is 0 Å². The number of fused-ring (bicyclic) bond motifs is 1. The van der Waals surface area contributed by atoms with Crippen molar-refractivity contribution in [2.75, 3.05) is 43.9 Å². The van der Waals surface area contributed by atoms with Crippen LogP contribution in [0, 0.1) is 5.92 Å². The lowest BCUT2D eigenvalue weighted by molar-refractivity contribution is -0.856. The molecule has 7 nitrogen and oxygen atoms in total. The molecule has 3 amide bonds. The molecule has 26 heavy (non-hydrogen) atoms. The number of rotatable bonds is 5. The van der Waals surface area contributed by atoms with Crippen LogP contribution in [-0.2, 0) is 20.8 Å². The maximum absolute atomic E-state index is 12.4. The SMILES string of the molecule is CC(C)C(=O)N1CCCc2cc(NC(=O)C(=O)NCC[NH+](C)C)ccc21. The Kier molecular flexibility index (Phi) is 6.74. The number of hydrogen-bond donors (Lipinski definition) is 3. The van der Waals surface area contributed by atoms with Crippen LogP contribution < -0.4 is 20.4 Å². The summed E-state index contributed by atoms with van der Waals surface area (Å²) in [5.41, 5.74) is 2.48. The molecule has 0 spiro atoms. The zero-order valence-corrected chi connectivity index (χ0v) is 16.0. The lowest BCUT2D eigenvalue weighted by atomic mass is 9.99. The largest absolute Gasteiger partial charge is 0.342 e. The van der Waals surface area contributed by atoms with Crippen molar-refractivity contribution in [3.63, 3.8) is 0 Å². The Bertz CT molecular complexity index is 685. The Labute approximate surface area is 154 Å². The van der Waals surface area contributed by atoms with Gasteiger partial charge in [-0.3, -0.25) is 14.4 Å². The molecule has 1 aliphatic heterocycles. The monoisotopic (exact) mass is 361 g/mol. The number of anilines is 2. The quantitative estimate of drug-likeness (QED) is 0.637. The molecule has 0 aromatic heterocycles. The fourth-order valence-corrected chi connectivity index (χ4v) is 2.91. The van der Waals surface area contributed by atoms with Crippen LogP contribution in [0.5, 0.6) is 0 Å². The van der Waals surface area contributed by atoms with Gasteiger partial charge in [-0.1, -0.05) is 13.8 Å². The van der Waals surface area contributed by atoms with E-state index in [1.165, 1.54) is 4.90 Å². The summed E-state index contributed by atoms with van der Waals surface area (Å²) in [6.07, 6.45) is 1.73. The Balaban J connectivity index is 2.03. The molecule has 0 unspecified atom stereocenters. The van der Waals surface area contributed by atoms with E-state index < -0.39 is 11.8 Å². The minimum Gasteiger partial charge on any atom is -0.342 e. The van der Waals surface area contributed by atoms with E-state index in [1.807, 2.05) is 45.0 Å². The third-order valence-corrected chi connectivity index (χ3v) is 4.33. The highest BCUT2D eigenvalue weighted by molar-refractivity contribution is 6.39. The summed E-state index contributed by atoms with van der Waals surface area (Å²) >= 11 is 0. The van der Waals surface area contributed by atoms with E-state index in [9.17, 15) is 14.4 Å². The van der Waals surface area contributed by atoms with Crippen LogP contribution in [0.25, 0.3) is 0 Å². The van der Waals surface area contributed by atoms with Gasteiger partial charge < -0.3 is 20.4 Å². The Morgan fingerprint density at radius 1 is 1.19 bits per heavy atom. The lowest BCUT2D eigenvalue weighted by Gasteiger charge is -2.31. The van der Waals surface area contributed by atoms with Gasteiger partial charge in [-0.15, -0.1) is 0 Å². The first kappa shape index (κ1) is 19.9. The van der Waals surface area contributed by atoms with Gasteiger partial charge in [-0.2, -0.15) is 0 Å². The molecule has 0 saturated heterocycles. The average Bonchev–Trinajstić information content (AvgIpc) is 2.59. The highest BCUT2D eigenvalue weighted by Gasteiger charge is 2.24. The van der Waals surface area contributed by atoms with Crippen LogP contribution in [0.3, 0.4) is 0 Å². The zero-order chi connectivity index (χ0) is 19.3. The van der Waals surface area contributed by atoms with Crippen molar-refractivity contribution in [2.24, 2.45) is 5.92 Å². The third kappa shape index (κ3) is 5.05. The molecule has 1 aromatic rings. The first-order valence-corrected chi connectivity index (χ1v) is 9.12. The molecule has 1 aromatic carbocycles. The third-order valence-electron chi connectivity index (χ3n) is 4.33. The van der Waals surface area contributed by atoms with Crippen molar-refractivity contribution < 1.29 is 19.3 Å². The van der Waals surface area contributed by atoms with E-state index in [1.54, 1.807) is 6.07 Å². The van der Waals surface area contributed by atoms with E-state index in [0.29, 0.717) is 18.8 Å². The van der Waals surface area contributed by atoms with Crippen molar-refractivity contribution in [2.45, 2.75) is 26.7 Å². The summed E-state index contributed by atoms with van der Waals surface area (Å²) in [5, 5.41) is 5.24. The number of nitrogens with one attached hydrogen (secondary N) is 3. The van der Waals surface area contributed by atoms with Crippen molar-refractivity contribution in [1.82, 2.24) is 5.32 Å². The van der Waals surface area contributed by atoms with Gasteiger partial charge in [0.2, 0.25) is 5.91 Å². The van der Waals surface area contributed by atoms with Crippen molar-refractivity contribution in [3.05, 3.63) is 23.8 Å². The number of carbonyl (C=O) groups is 3. The van der Waals surface area contributed by atoms with Gasteiger partial charge in [0, 0.05) is 23.8 Å². The molecule has 2 rings (SSSR count). The van der Waals surface area contributed by atoms with Crippen LogP contribution in [0.4, 0.5) is 11.4 Å². The maximum atomic E-state index is 12.4. The highest BCUT2D eigenvalue weighted by Crippen LogP contribution is 2.30. The Morgan fingerprint density at radius 3 is 2.58 bits per heavy atom. The summed E-state index contributed by atoms with van der Waals surface area (Å²) in [6, 6.07) is 5.43. The predicted molar refractivity (Wildman–Crippen MR) is 101 cm³/mol. The molecule has 3 N–H and O–H groups in total. The summed E-state index contributed by atoms with van der Waals surface area (Å²) in [6.45, 7) is 5.69. The molecule has 0 radical (unpaired) electrons. The first-order chi connectivity index (χ1) is 12.3. The van der Waals surface area contributed by atoms with Crippen molar-refractivity contribution in [3.8, 4) is 0 Å². The second-order valence-electron chi connectivity index (χ2n) is 7.26. The number of benzene rings is 1. The maximum Gasteiger partial charge on any atom is 0.313 e. The van der Waals surface area contributed by atoms with Crippen molar-refractivity contribution >= 4 is 29.1 Å². The van der Waals surface area contributed by atoms with Gasteiger partial charge in [0.1, 0.15) is 0 Å². The lowest BCUT2D eigenvalue weighted by Crippen LogP contribution is -3.06. The molecule has 7 heteroatoms. The van der Waals surface area contributed by atoms with Crippen LogP contribution in [-0.4, -0.2) is 51.5 Å². The number of quaternary nitrogens is 1. The van der Waals surface area contributed by atoms with Crippen molar-refractivity contribution in [1.29, 1.82) is 0 Å². The van der Waals surface area contributed by atoms with Crippen LogP contribution >= 0.6 is 0 Å². The number of aryl methyl sites for hydroxylation is 1. The molecule has 0 aliphatic carbocycles. The number of hydrogen-bond acceptors (Lipinski definition) is 3. The van der Waals surface area contributed by atoms with Gasteiger partial charge in [0.15, 0.2) is 0 Å². The topological polar surface area (TPSA) is 83.0 Å². The molecule has 142 valence electrons. The summed E-state index contributed by atoms with van der Waals surface area (Å²) in [7, 11) is 3.96. The first-order valence-electron chi connectivity index (χ1n) is 9.12. The Morgan fingerprint density at radius 2 is 1.92 bits per heavy atom. The molecule has 0 fully saturated rings. The summed E-state index contributed by atoms with van der Waals surface area (Å²) in [5.74, 6) is -1.27. The van der Waals surface area contributed by atoms with Gasteiger partial charge in [0.05, 0.1) is 27.2 Å². The molecule has 1 heterocycles. The average molecular weight is 361 g/mol. The van der Waals surface area contributed by atoms with E-state index in [0.717, 1.165) is 30.6 Å². The minimum atomic E-state index is -0.676. The van der Waals surface area contributed by atoms with E-state index >= 15 is 0 Å². The molecule has 1 aliphatic rings. The fourth-order valence-electron chi connectivity index (χ4n) is 2.91. The molecular weight excluding hydrogens is 332 g/mol. The fraction of sp³-hybridized carbons (Fsp3) is 0.526. The Hall–Kier alpha value is -2.41. The standard InChI is InChI=1S/C19H28N4O3/c1-13(2)19(26)23-10-5-6-14-12-15(7-8-16(14)23)21-18(25)17(24)20-9-11-22(3)4/h7-8,12-13H,5-6,9-11H2,1-4H3,(H,20,24)(H,21,25)/p+1.